The maximum Gasteiger partial charge on any atom is 0.0789 e. The monoisotopic (exact) mass is 176 g/mol. The van der Waals surface area contributed by atoms with Crippen molar-refractivity contribution in [3.63, 3.8) is 0 Å². The topological polar surface area (TPSA) is 102 Å². The zero-order valence-corrected chi connectivity index (χ0v) is 7.45. The molecule has 0 fully saturated rings. The number of aliphatic hydroxyl groups excluding tert-OH is 1. The van der Waals surface area contributed by atoms with E-state index in [1.165, 1.54) is 0 Å². The molecule has 0 aromatic rings. The molecule has 0 saturated carbocycles. The van der Waals surface area contributed by atoms with Crippen molar-refractivity contribution in [2.45, 2.75) is 6.10 Å². The van der Waals surface area contributed by atoms with E-state index in [1.54, 1.807) is 0 Å². The summed E-state index contributed by atoms with van der Waals surface area (Å²) < 4.78 is 0. The Hall–Kier alpha value is -0.200. The fraction of sp³-hybridized carbons (Fsp3) is 1.00. The Morgan fingerprint density at radius 1 is 1.08 bits per heavy atom. The third-order valence-electron chi connectivity index (χ3n) is 1.63. The average Bonchev–Trinajstić information content (AvgIpc) is 2.05. The molecule has 0 aliphatic carbocycles. The SMILES string of the molecule is NCCN(CCN)CC(O)CN. The summed E-state index contributed by atoms with van der Waals surface area (Å²) in [4.78, 5) is 2.01. The predicted molar refractivity (Wildman–Crippen MR) is 49.6 cm³/mol. The summed E-state index contributed by atoms with van der Waals surface area (Å²) in [5.41, 5.74) is 16.0. The van der Waals surface area contributed by atoms with Gasteiger partial charge in [-0.05, 0) is 0 Å². The van der Waals surface area contributed by atoms with Crippen LogP contribution in [0.4, 0.5) is 0 Å². The highest BCUT2D eigenvalue weighted by atomic mass is 16.3. The normalized spacial score (nSPS) is 13.8. The summed E-state index contributed by atoms with van der Waals surface area (Å²) in [5, 5.41) is 9.23. The lowest BCUT2D eigenvalue weighted by Gasteiger charge is -2.22. The van der Waals surface area contributed by atoms with Gasteiger partial charge in [0.1, 0.15) is 0 Å². The molecule has 0 aliphatic rings. The second kappa shape index (κ2) is 7.45. The molecule has 5 heteroatoms. The molecule has 1 unspecified atom stereocenters. The first-order chi connectivity index (χ1) is 5.74. The Bertz CT molecular complexity index is 95.4. The first-order valence-electron chi connectivity index (χ1n) is 4.25. The molecule has 7 N–H and O–H groups in total. The minimum atomic E-state index is -0.469. The highest BCUT2D eigenvalue weighted by molar-refractivity contribution is 4.65. The van der Waals surface area contributed by atoms with Gasteiger partial charge in [0, 0.05) is 39.3 Å². The van der Waals surface area contributed by atoms with Crippen LogP contribution in [0.2, 0.25) is 0 Å². The van der Waals surface area contributed by atoms with Crippen molar-refractivity contribution >= 4 is 0 Å². The molecule has 0 radical (unpaired) electrons. The van der Waals surface area contributed by atoms with Gasteiger partial charge in [0.2, 0.25) is 0 Å². The van der Waals surface area contributed by atoms with E-state index >= 15 is 0 Å². The van der Waals surface area contributed by atoms with Gasteiger partial charge in [-0.1, -0.05) is 0 Å². The molecule has 0 spiro atoms. The van der Waals surface area contributed by atoms with Crippen LogP contribution in [0, 0.1) is 0 Å². The maximum absolute atomic E-state index is 9.23. The van der Waals surface area contributed by atoms with E-state index in [4.69, 9.17) is 17.2 Å². The van der Waals surface area contributed by atoms with Crippen LogP contribution in [0.3, 0.4) is 0 Å². The first-order valence-corrected chi connectivity index (χ1v) is 4.25. The molecule has 0 saturated heterocycles. The highest BCUT2D eigenvalue weighted by Gasteiger charge is 2.07. The standard InChI is InChI=1S/C7H20N4O/c8-1-3-11(4-2-9)6-7(12)5-10/h7,12H,1-6,8-10H2. The van der Waals surface area contributed by atoms with Crippen LogP contribution >= 0.6 is 0 Å². The summed E-state index contributed by atoms with van der Waals surface area (Å²) in [6, 6.07) is 0. The van der Waals surface area contributed by atoms with Gasteiger partial charge in [0.15, 0.2) is 0 Å². The largest absolute Gasteiger partial charge is 0.390 e. The molecule has 0 heterocycles. The van der Waals surface area contributed by atoms with E-state index in [1.807, 2.05) is 4.90 Å². The van der Waals surface area contributed by atoms with E-state index in [2.05, 4.69) is 0 Å². The minimum absolute atomic E-state index is 0.283. The van der Waals surface area contributed by atoms with Gasteiger partial charge in [-0.2, -0.15) is 0 Å². The zero-order valence-electron chi connectivity index (χ0n) is 7.45. The minimum Gasteiger partial charge on any atom is -0.390 e. The number of nitrogens with zero attached hydrogens (tertiary/aromatic N) is 1. The third kappa shape index (κ3) is 5.45. The molecule has 5 nitrogen and oxygen atoms in total. The van der Waals surface area contributed by atoms with Crippen LogP contribution in [0.25, 0.3) is 0 Å². The Kier molecular flexibility index (Phi) is 7.33. The molecular formula is C7H20N4O. The summed E-state index contributed by atoms with van der Waals surface area (Å²) in [6.45, 7) is 3.52. The highest BCUT2D eigenvalue weighted by Crippen LogP contribution is 1.89. The number of hydrogen-bond acceptors (Lipinski definition) is 5. The second-order valence-electron chi connectivity index (χ2n) is 2.77. The lowest BCUT2D eigenvalue weighted by atomic mass is 10.3. The Labute approximate surface area is 73.5 Å². The van der Waals surface area contributed by atoms with Crippen molar-refractivity contribution in [3.8, 4) is 0 Å². The van der Waals surface area contributed by atoms with Crippen molar-refractivity contribution < 1.29 is 5.11 Å². The van der Waals surface area contributed by atoms with Crippen LogP contribution in [-0.2, 0) is 0 Å². The van der Waals surface area contributed by atoms with E-state index in [9.17, 15) is 5.11 Å². The molecule has 0 rings (SSSR count). The van der Waals surface area contributed by atoms with Gasteiger partial charge < -0.3 is 22.3 Å². The lowest BCUT2D eigenvalue weighted by Crippen LogP contribution is -2.41. The summed E-state index contributed by atoms with van der Waals surface area (Å²) in [6.07, 6.45) is -0.469. The van der Waals surface area contributed by atoms with Gasteiger partial charge in [0.05, 0.1) is 6.10 Å². The number of hydrogen-bond donors (Lipinski definition) is 4. The Morgan fingerprint density at radius 3 is 1.92 bits per heavy atom. The fourth-order valence-electron chi connectivity index (χ4n) is 1.03. The van der Waals surface area contributed by atoms with E-state index in [-0.39, 0.29) is 6.54 Å². The summed E-state index contributed by atoms with van der Waals surface area (Å²) in [7, 11) is 0. The van der Waals surface area contributed by atoms with Gasteiger partial charge in [-0.15, -0.1) is 0 Å². The molecular weight excluding hydrogens is 156 g/mol. The predicted octanol–water partition coefficient (Wildman–Crippen LogP) is -2.47. The Balaban J connectivity index is 3.61. The molecule has 1 atom stereocenters. The van der Waals surface area contributed by atoms with E-state index in [0.717, 1.165) is 13.1 Å². The number of rotatable bonds is 7. The maximum atomic E-state index is 9.23. The molecule has 0 aliphatic heterocycles. The third-order valence-corrected chi connectivity index (χ3v) is 1.63. The van der Waals surface area contributed by atoms with E-state index in [0.29, 0.717) is 19.6 Å². The van der Waals surface area contributed by atoms with Crippen LogP contribution in [0.1, 0.15) is 0 Å². The van der Waals surface area contributed by atoms with Crippen molar-refractivity contribution in [2.75, 3.05) is 39.3 Å². The van der Waals surface area contributed by atoms with Crippen molar-refractivity contribution in [3.05, 3.63) is 0 Å². The number of nitrogens with two attached hydrogens (primary N) is 3. The Morgan fingerprint density at radius 2 is 1.58 bits per heavy atom. The van der Waals surface area contributed by atoms with Crippen LogP contribution in [0.15, 0.2) is 0 Å². The molecule has 0 amide bonds. The first kappa shape index (κ1) is 11.8. The molecule has 12 heavy (non-hydrogen) atoms. The zero-order chi connectivity index (χ0) is 9.40. The smallest absolute Gasteiger partial charge is 0.0789 e. The molecule has 0 aromatic carbocycles. The van der Waals surface area contributed by atoms with E-state index < -0.39 is 6.10 Å². The van der Waals surface area contributed by atoms with Crippen molar-refractivity contribution in [1.29, 1.82) is 0 Å². The van der Waals surface area contributed by atoms with Crippen LogP contribution in [0.5, 0.6) is 0 Å². The fourth-order valence-corrected chi connectivity index (χ4v) is 1.03. The average molecular weight is 176 g/mol. The van der Waals surface area contributed by atoms with Gasteiger partial charge >= 0.3 is 0 Å². The van der Waals surface area contributed by atoms with Crippen LogP contribution in [-0.4, -0.2) is 55.4 Å². The molecule has 0 aromatic heterocycles. The summed E-state index contributed by atoms with van der Waals surface area (Å²) >= 11 is 0. The quantitative estimate of drug-likeness (QED) is 0.344. The lowest BCUT2D eigenvalue weighted by molar-refractivity contribution is 0.122. The molecule has 0 bridgehead atoms. The van der Waals surface area contributed by atoms with Crippen LogP contribution < -0.4 is 17.2 Å². The van der Waals surface area contributed by atoms with Gasteiger partial charge in [-0.3, -0.25) is 4.90 Å². The number of aliphatic hydroxyl groups is 1. The van der Waals surface area contributed by atoms with Crippen molar-refractivity contribution in [2.24, 2.45) is 17.2 Å². The van der Waals surface area contributed by atoms with Crippen molar-refractivity contribution in [1.82, 2.24) is 4.90 Å². The second-order valence-corrected chi connectivity index (χ2v) is 2.77. The van der Waals surface area contributed by atoms with Gasteiger partial charge in [-0.25, -0.2) is 0 Å². The molecule has 74 valence electrons. The summed E-state index contributed by atoms with van der Waals surface area (Å²) in [5.74, 6) is 0. The van der Waals surface area contributed by atoms with Gasteiger partial charge in [0.25, 0.3) is 0 Å².